The minimum atomic E-state index is -0.0740. The van der Waals surface area contributed by atoms with Crippen LogP contribution in [0.1, 0.15) is 0 Å². The van der Waals surface area contributed by atoms with E-state index in [0.29, 0.717) is 6.54 Å². The second-order valence-electron chi connectivity index (χ2n) is 4.27. The molecule has 0 aliphatic rings. The lowest BCUT2D eigenvalue weighted by molar-refractivity contribution is 0.383. The first-order valence-electron chi connectivity index (χ1n) is 5.53. The summed E-state index contributed by atoms with van der Waals surface area (Å²) < 4.78 is 6.91. The van der Waals surface area contributed by atoms with Crippen LogP contribution in [0.2, 0.25) is 0 Å². The van der Waals surface area contributed by atoms with E-state index in [1.165, 1.54) is 0 Å². The fourth-order valence-electron chi connectivity index (χ4n) is 1.78. The van der Waals surface area contributed by atoms with Crippen molar-refractivity contribution < 1.29 is 4.74 Å². The Kier molecular flexibility index (Phi) is 3.19. The Morgan fingerprint density at radius 2 is 2.18 bits per heavy atom. The van der Waals surface area contributed by atoms with Gasteiger partial charge in [0.05, 0.1) is 18.1 Å². The molecule has 0 aliphatic carbocycles. The van der Waals surface area contributed by atoms with Crippen LogP contribution in [0.5, 0.6) is 5.75 Å². The van der Waals surface area contributed by atoms with Gasteiger partial charge in [-0.05, 0) is 26.2 Å². The first kappa shape index (κ1) is 11.7. The molecule has 0 radical (unpaired) electrons. The second kappa shape index (κ2) is 4.63. The Balaban J connectivity index is 2.45. The van der Waals surface area contributed by atoms with Gasteiger partial charge >= 0.3 is 5.69 Å². The molecule has 0 saturated carbocycles. The van der Waals surface area contributed by atoms with Gasteiger partial charge in [0.15, 0.2) is 0 Å². The molecule has 2 rings (SSSR count). The highest BCUT2D eigenvalue weighted by Crippen LogP contribution is 2.18. The summed E-state index contributed by atoms with van der Waals surface area (Å²) in [6, 6.07) is 5.58. The number of nitrogens with zero attached hydrogens (tertiary/aromatic N) is 2. The number of hydrogen-bond donors (Lipinski definition) is 1. The number of aromatic nitrogens is 2. The molecule has 0 aliphatic heterocycles. The van der Waals surface area contributed by atoms with Crippen molar-refractivity contribution in [3.63, 3.8) is 0 Å². The van der Waals surface area contributed by atoms with Gasteiger partial charge in [-0.2, -0.15) is 0 Å². The van der Waals surface area contributed by atoms with Gasteiger partial charge in [0, 0.05) is 19.2 Å². The average molecular weight is 235 g/mol. The Hall–Kier alpha value is -1.75. The van der Waals surface area contributed by atoms with E-state index in [1.54, 1.807) is 11.7 Å². The largest absolute Gasteiger partial charge is 0.497 e. The van der Waals surface area contributed by atoms with Crippen molar-refractivity contribution in [1.29, 1.82) is 0 Å². The van der Waals surface area contributed by atoms with Crippen LogP contribution in [0.25, 0.3) is 11.0 Å². The molecule has 0 fully saturated rings. The molecule has 17 heavy (non-hydrogen) atoms. The maximum absolute atomic E-state index is 11.8. The third-order valence-corrected chi connectivity index (χ3v) is 2.75. The molecule has 0 amide bonds. The molecule has 1 aromatic carbocycles. The number of likely N-dealkylation sites (N-methyl/N-ethyl adjacent to an activating group) is 1. The summed E-state index contributed by atoms with van der Waals surface area (Å²) in [6.07, 6.45) is 0. The van der Waals surface area contributed by atoms with E-state index in [4.69, 9.17) is 4.74 Å². The van der Waals surface area contributed by atoms with Crippen molar-refractivity contribution in [1.82, 2.24) is 14.5 Å². The summed E-state index contributed by atoms with van der Waals surface area (Å²) >= 11 is 0. The fraction of sp³-hybridized carbons (Fsp3) is 0.417. The third kappa shape index (κ3) is 2.34. The first-order chi connectivity index (χ1) is 8.11. The predicted molar refractivity (Wildman–Crippen MR) is 67.7 cm³/mol. The van der Waals surface area contributed by atoms with Gasteiger partial charge in [0.25, 0.3) is 0 Å². The standard InChI is InChI=1S/C12H17N3O2/c1-14(2)6-7-15-11-8-9(17-3)4-5-10(11)13-12(15)16/h4-5,8H,6-7H2,1-3H3,(H,13,16). The highest BCUT2D eigenvalue weighted by molar-refractivity contribution is 5.76. The number of fused-ring (bicyclic) bond motifs is 1. The van der Waals surface area contributed by atoms with Crippen molar-refractivity contribution in [3.05, 3.63) is 28.7 Å². The third-order valence-electron chi connectivity index (χ3n) is 2.75. The van der Waals surface area contributed by atoms with Gasteiger partial charge in [0.2, 0.25) is 0 Å². The van der Waals surface area contributed by atoms with Crippen LogP contribution in [-0.4, -0.2) is 42.2 Å². The van der Waals surface area contributed by atoms with E-state index in [0.717, 1.165) is 23.3 Å². The van der Waals surface area contributed by atoms with Crippen LogP contribution in [0.15, 0.2) is 23.0 Å². The number of methoxy groups -OCH3 is 1. The molecule has 1 heterocycles. The normalized spacial score (nSPS) is 11.3. The van der Waals surface area contributed by atoms with Crippen LogP contribution in [-0.2, 0) is 6.54 Å². The second-order valence-corrected chi connectivity index (χ2v) is 4.27. The molecule has 0 unspecified atom stereocenters. The van der Waals surface area contributed by atoms with Crippen LogP contribution in [0.3, 0.4) is 0 Å². The molecule has 92 valence electrons. The Labute approximate surface area is 99.6 Å². The number of hydrogen-bond acceptors (Lipinski definition) is 3. The van der Waals surface area contributed by atoms with Crippen LogP contribution >= 0.6 is 0 Å². The van der Waals surface area contributed by atoms with Crippen LogP contribution in [0.4, 0.5) is 0 Å². The van der Waals surface area contributed by atoms with Crippen molar-refractivity contribution in [2.24, 2.45) is 0 Å². The van der Waals surface area contributed by atoms with E-state index < -0.39 is 0 Å². The average Bonchev–Trinajstić information content (AvgIpc) is 2.61. The van der Waals surface area contributed by atoms with Crippen molar-refractivity contribution in [2.75, 3.05) is 27.7 Å². The smallest absolute Gasteiger partial charge is 0.326 e. The Morgan fingerprint density at radius 1 is 1.41 bits per heavy atom. The van der Waals surface area contributed by atoms with Gasteiger partial charge < -0.3 is 14.6 Å². The summed E-state index contributed by atoms with van der Waals surface area (Å²) in [4.78, 5) is 16.7. The molecule has 0 saturated heterocycles. The number of ether oxygens (including phenoxy) is 1. The molecule has 2 aromatic rings. The number of benzene rings is 1. The molecule has 5 heteroatoms. The van der Waals surface area contributed by atoms with Crippen molar-refractivity contribution in [3.8, 4) is 5.75 Å². The monoisotopic (exact) mass is 235 g/mol. The Morgan fingerprint density at radius 3 is 2.82 bits per heavy atom. The number of nitrogens with one attached hydrogen (secondary N) is 1. The summed E-state index contributed by atoms with van der Waals surface area (Å²) in [5.41, 5.74) is 1.65. The minimum absolute atomic E-state index is 0.0740. The van der Waals surface area contributed by atoms with Crippen molar-refractivity contribution in [2.45, 2.75) is 6.54 Å². The highest BCUT2D eigenvalue weighted by atomic mass is 16.5. The maximum atomic E-state index is 11.8. The quantitative estimate of drug-likeness (QED) is 0.856. The maximum Gasteiger partial charge on any atom is 0.326 e. The van der Waals surface area contributed by atoms with E-state index in [-0.39, 0.29) is 5.69 Å². The van der Waals surface area contributed by atoms with E-state index in [2.05, 4.69) is 4.98 Å². The summed E-state index contributed by atoms with van der Waals surface area (Å²) in [5, 5.41) is 0. The van der Waals surface area contributed by atoms with Gasteiger partial charge in [-0.25, -0.2) is 4.79 Å². The highest BCUT2D eigenvalue weighted by Gasteiger charge is 2.07. The van der Waals surface area contributed by atoms with Crippen LogP contribution < -0.4 is 10.4 Å². The molecule has 0 atom stereocenters. The Bertz CT molecular complexity index is 569. The summed E-state index contributed by atoms with van der Waals surface area (Å²) in [7, 11) is 5.59. The zero-order chi connectivity index (χ0) is 12.4. The topological polar surface area (TPSA) is 50.3 Å². The van der Waals surface area contributed by atoms with Gasteiger partial charge in [-0.3, -0.25) is 4.57 Å². The van der Waals surface area contributed by atoms with Gasteiger partial charge in [-0.15, -0.1) is 0 Å². The van der Waals surface area contributed by atoms with Gasteiger partial charge in [-0.1, -0.05) is 0 Å². The number of rotatable bonds is 4. The molecule has 0 spiro atoms. The molecule has 5 nitrogen and oxygen atoms in total. The van der Waals surface area contributed by atoms with Crippen LogP contribution in [0, 0.1) is 0 Å². The van der Waals surface area contributed by atoms with E-state index >= 15 is 0 Å². The summed E-state index contributed by atoms with van der Waals surface area (Å²) in [5.74, 6) is 0.759. The zero-order valence-electron chi connectivity index (χ0n) is 10.4. The lowest BCUT2D eigenvalue weighted by Gasteiger charge is -2.10. The molecule has 1 N–H and O–H groups in total. The lowest BCUT2D eigenvalue weighted by Crippen LogP contribution is -2.24. The molecule has 0 bridgehead atoms. The first-order valence-corrected chi connectivity index (χ1v) is 5.53. The number of aromatic amines is 1. The van der Waals surface area contributed by atoms with Gasteiger partial charge in [0.1, 0.15) is 5.75 Å². The predicted octanol–water partition coefficient (Wildman–Crippen LogP) is 0.900. The molecule has 1 aromatic heterocycles. The molecular weight excluding hydrogens is 218 g/mol. The zero-order valence-corrected chi connectivity index (χ0v) is 10.4. The number of H-pyrrole nitrogens is 1. The minimum Gasteiger partial charge on any atom is -0.497 e. The fourth-order valence-corrected chi connectivity index (χ4v) is 1.78. The van der Waals surface area contributed by atoms with E-state index in [1.807, 2.05) is 37.2 Å². The lowest BCUT2D eigenvalue weighted by atomic mass is 10.3. The number of imidazole rings is 1. The molecular formula is C12H17N3O2. The SMILES string of the molecule is COc1ccc2[nH]c(=O)n(CCN(C)C)c2c1. The van der Waals surface area contributed by atoms with E-state index in [9.17, 15) is 4.79 Å². The summed E-state index contributed by atoms with van der Waals surface area (Å²) in [6.45, 7) is 1.49. The van der Waals surface area contributed by atoms with Crippen molar-refractivity contribution >= 4 is 11.0 Å².